The highest BCUT2D eigenvalue weighted by Crippen LogP contribution is 2.15. The normalized spacial score (nSPS) is 20.2. The lowest BCUT2D eigenvalue weighted by atomic mass is 9.94. The molecular weight excluding hydrogens is 182 g/mol. The van der Waals surface area contributed by atoms with Gasteiger partial charge in [0.25, 0.3) is 0 Å². The number of methoxy groups -OCH3 is 1. The van der Waals surface area contributed by atoms with Crippen LogP contribution in [0.1, 0.15) is 6.92 Å². The summed E-state index contributed by atoms with van der Waals surface area (Å²) in [5, 5.41) is 2.76. The van der Waals surface area contributed by atoms with Crippen LogP contribution in [0.2, 0.25) is 0 Å². The van der Waals surface area contributed by atoms with Crippen molar-refractivity contribution < 1.29 is 9.53 Å². The maximum Gasteiger partial charge on any atom is 0.234 e. The predicted octanol–water partition coefficient (Wildman–Crippen LogP) is -1.22. The molecule has 0 aromatic rings. The summed E-state index contributed by atoms with van der Waals surface area (Å²) in [6.07, 6.45) is 0. The van der Waals surface area contributed by atoms with E-state index < -0.39 is 0 Å². The topological polar surface area (TPSA) is 67.6 Å². The van der Waals surface area contributed by atoms with Crippen LogP contribution < -0.4 is 11.1 Å². The van der Waals surface area contributed by atoms with Gasteiger partial charge in [-0.3, -0.25) is 9.69 Å². The molecule has 5 nitrogen and oxygen atoms in total. The van der Waals surface area contributed by atoms with Crippen molar-refractivity contribution in [3.8, 4) is 0 Å². The minimum atomic E-state index is -0.104. The molecule has 1 rings (SSSR count). The minimum Gasteiger partial charge on any atom is -0.383 e. The first kappa shape index (κ1) is 11.4. The maximum absolute atomic E-state index is 11.3. The smallest absolute Gasteiger partial charge is 0.234 e. The molecule has 14 heavy (non-hydrogen) atoms. The number of nitrogens with two attached hydrogens (primary N) is 1. The number of hydrogen-bond donors (Lipinski definition) is 2. The van der Waals surface area contributed by atoms with Gasteiger partial charge in [-0.15, -0.1) is 0 Å². The van der Waals surface area contributed by atoms with Crippen LogP contribution in [-0.2, 0) is 9.53 Å². The van der Waals surface area contributed by atoms with Crippen LogP contribution in [0.5, 0.6) is 0 Å². The molecule has 5 heteroatoms. The first-order valence-electron chi connectivity index (χ1n) is 4.80. The van der Waals surface area contributed by atoms with Gasteiger partial charge in [0.2, 0.25) is 5.91 Å². The van der Waals surface area contributed by atoms with E-state index in [1.807, 2.05) is 11.8 Å². The monoisotopic (exact) mass is 201 g/mol. The Morgan fingerprint density at radius 3 is 2.79 bits per heavy atom. The van der Waals surface area contributed by atoms with Gasteiger partial charge in [-0.05, 0) is 6.92 Å². The molecule has 0 aromatic carbocycles. The second kappa shape index (κ2) is 4.72. The number of likely N-dealkylation sites (tertiary alicyclic amines) is 1. The van der Waals surface area contributed by atoms with Crippen molar-refractivity contribution in [1.29, 1.82) is 0 Å². The van der Waals surface area contributed by atoms with E-state index in [0.717, 1.165) is 13.1 Å². The molecule has 0 saturated carbocycles. The summed E-state index contributed by atoms with van der Waals surface area (Å²) in [6.45, 7) is 5.15. The Morgan fingerprint density at radius 1 is 1.64 bits per heavy atom. The number of nitrogens with one attached hydrogen (secondary N) is 1. The quantitative estimate of drug-likeness (QED) is 0.547. The number of carbonyl (C=O) groups excluding carboxylic acids is 1. The summed E-state index contributed by atoms with van der Waals surface area (Å²) in [5.74, 6) is 0.0394. The summed E-state index contributed by atoms with van der Waals surface area (Å²) in [4.78, 5) is 13.3. The van der Waals surface area contributed by atoms with Crippen LogP contribution in [0.4, 0.5) is 0 Å². The fourth-order valence-electron chi connectivity index (χ4n) is 1.64. The lowest BCUT2D eigenvalue weighted by Gasteiger charge is -2.44. The van der Waals surface area contributed by atoms with Crippen molar-refractivity contribution in [2.75, 3.05) is 39.9 Å². The first-order chi connectivity index (χ1) is 6.53. The zero-order chi connectivity index (χ0) is 10.6. The molecule has 0 atom stereocenters. The van der Waals surface area contributed by atoms with Gasteiger partial charge in [0.1, 0.15) is 0 Å². The fraction of sp³-hybridized carbons (Fsp3) is 0.889. The molecular formula is C9H19N3O2. The van der Waals surface area contributed by atoms with Gasteiger partial charge < -0.3 is 15.8 Å². The molecule has 0 aliphatic carbocycles. The zero-order valence-electron chi connectivity index (χ0n) is 8.88. The Bertz CT molecular complexity index is 198. The van der Waals surface area contributed by atoms with E-state index >= 15 is 0 Å². The van der Waals surface area contributed by atoms with Crippen molar-refractivity contribution in [3.05, 3.63) is 0 Å². The van der Waals surface area contributed by atoms with E-state index in [2.05, 4.69) is 5.32 Å². The van der Waals surface area contributed by atoms with Crippen molar-refractivity contribution in [1.82, 2.24) is 10.2 Å². The van der Waals surface area contributed by atoms with Crippen molar-refractivity contribution >= 4 is 5.91 Å². The van der Waals surface area contributed by atoms with Crippen LogP contribution in [-0.4, -0.2) is 56.2 Å². The largest absolute Gasteiger partial charge is 0.383 e. The molecule has 1 amide bonds. The van der Waals surface area contributed by atoms with Crippen LogP contribution in [0.15, 0.2) is 0 Å². The van der Waals surface area contributed by atoms with E-state index in [0.29, 0.717) is 19.7 Å². The van der Waals surface area contributed by atoms with Crippen molar-refractivity contribution in [2.24, 2.45) is 5.73 Å². The molecule has 1 aliphatic heterocycles. The van der Waals surface area contributed by atoms with Gasteiger partial charge in [0, 0.05) is 32.3 Å². The number of ether oxygens (including phenoxy) is 1. The molecule has 0 radical (unpaired) electrons. The number of rotatable bonds is 5. The average molecular weight is 201 g/mol. The third kappa shape index (κ3) is 3.61. The highest BCUT2D eigenvalue weighted by atomic mass is 16.5. The predicted molar refractivity (Wildman–Crippen MR) is 53.9 cm³/mol. The van der Waals surface area contributed by atoms with Gasteiger partial charge in [-0.1, -0.05) is 0 Å². The second-order valence-electron chi connectivity index (χ2n) is 4.14. The molecule has 0 spiro atoms. The molecule has 3 N–H and O–H groups in total. The number of amides is 1. The standard InChI is InChI=1S/C9H19N3O2/c1-9(10)6-12(7-9)5-8(13)11-3-4-14-2/h3-7,10H2,1-2H3,(H,11,13). The molecule has 1 fully saturated rings. The molecule has 0 aromatic heterocycles. The summed E-state index contributed by atoms with van der Waals surface area (Å²) in [6, 6.07) is 0. The van der Waals surface area contributed by atoms with Gasteiger partial charge in [0.15, 0.2) is 0 Å². The molecule has 82 valence electrons. The van der Waals surface area contributed by atoms with E-state index in [4.69, 9.17) is 10.5 Å². The zero-order valence-corrected chi connectivity index (χ0v) is 8.88. The molecule has 0 bridgehead atoms. The number of carbonyl (C=O) groups is 1. The Hall–Kier alpha value is -0.650. The van der Waals surface area contributed by atoms with Gasteiger partial charge in [0.05, 0.1) is 13.2 Å². The Morgan fingerprint density at radius 2 is 2.29 bits per heavy atom. The van der Waals surface area contributed by atoms with Crippen LogP contribution in [0, 0.1) is 0 Å². The molecule has 0 unspecified atom stereocenters. The first-order valence-corrected chi connectivity index (χ1v) is 4.80. The van der Waals surface area contributed by atoms with Crippen molar-refractivity contribution in [3.63, 3.8) is 0 Å². The minimum absolute atomic E-state index is 0.0394. The Balaban J connectivity index is 2.05. The Labute approximate surface area is 84.6 Å². The van der Waals surface area contributed by atoms with Crippen LogP contribution in [0.3, 0.4) is 0 Å². The Kier molecular flexibility index (Phi) is 3.86. The third-order valence-corrected chi connectivity index (χ3v) is 2.17. The van der Waals surface area contributed by atoms with Gasteiger partial charge in [-0.25, -0.2) is 0 Å². The average Bonchev–Trinajstić information content (AvgIpc) is 2.01. The second-order valence-corrected chi connectivity index (χ2v) is 4.14. The van der Waals surface area contributed by atoms with E-state index in [9.17, 15) is 4.79 Å². The molecule has 1 heterocycles. The number of nitrogens with zero attached hydrogens (tertiary/aromatic N) is 1. The summed E-state index contributed by atoms with van der Waals surface area (Å²) in [7, 11) is 1.61. The third-order valence-electron chi connectivity index (χ3n) is 2.17. The maximum atomic E-state index is 11.3. The van der Waals surface area contributed by atoms with E-state index in [1.165, 1.54) is 0 Å². The van der Waals surface area contributed by atoms with E-state index in [-0.39, 0.29) is 11.4 Å². The van der Waals surface area contributed by atoms with E-state index in [1.54, 1.807) is 7.11 Å². The molecule has 1 saturated heterocycles. The fourth-order valence-corrected chi connectivity index (χ4v) is 1.64. The highest BCUT2D eigenvalue weighted by Gasteiger charge is 2.35. The van der Waals surface area contributed by atoms with Gasteiger partial charge >= 0.3 is 0 Å². The SMILES string of the molecule is COCCNC(=O)CN1CC(C)(N)C1. The molecule has 1 aliphatic rings. The van der Waals surface area contributed by atoms with Crippen molar-refractivity contribution in [2.45, 2.75) is 12.5 Å². The lowest BCUT2D eigenvalue weighted by molar-refractivity contribution is -0.124. The highest BCUT2D eigenvalue weighted by molar-refractivity contribution is 5.78. The van der Waals surface area contributed by atoms with Crippen LogP contribution in [0.25, 0.3) is 0 Å². The summed E-state index contributed by atoms with van der Waals surface area (Å²) >= 11 is 0. The summed E-state index contributed by atoms with van der Waals surface area (Å²) < 4.78 is 4.82. The number of hydrogen-bond acceptors (Lipinski definition) is 4. The lowest BCUT2D eigenvalue weighted by Crippen LogP contribution is -2.66. The van der Waals surface area contributed by atoms with Gasteiger partial charge in [-0.2, -0.15) is 0 Å². The summed E-state index contributed by atoms with van der Waals surface area (Å²) in [5.41, 5.74) is 5.71. The van der Waals surface area contributed by atoms with Crippen LogP contribution >= 0.6 is 0 Å².